The number of aryl methyl sites for hydroxylation is 1. The van der Waals surface area contributed by atoms with Crippen molar-refractivity contribution in [2.75, 3.05) is 0 Å². The molecule has 2 heterocycles. The summed E-state index contributed by atoms with van der Waals surface area (Å²) in [6.45, 7) is 2.98. The molecule has 3 aromatic carbocycles. The summed E-state index contributed by atoms with van der Waals surface area (Å²) in [4.78, 5) is 19.9. The first kappa shape index (κ1) is 22.5. The number of rotatable bonds is 7. The molecule has 6 heteroatoms. The average Bonchev–Trinajstić information content (AvgIpc) is 3.20. The Kier molecular flexibility index (Phi) is 6.35. The van der Waals surface area contributed by atoms with Gasteiger partial charge in [-0.05, 0) is 47.4 Å². The van der Waals surface area contributed by atoms with E-state index in [2.05, 4.69) is 10.1 Å². The van der Waals surface area contributed by atoms with Gasteiger partial charge in [-0.15, -0.1) is 0 Å². The van der Waals surface area contributed by atoms with Crippen molar-refractivity contribution in [1.82, 2.24) is 19.7 Å². The Morgan fingerprint density at radius 3 is 2.06 bits per heavy atom. The summed E-state index contributed by atoms with van der Waals surface area (Å²) in [7, 11) is 0. The van der Waals surface area contributed by atoms with Gasteiger partial charge in [-0.2, -0.15) is 5.10 Å². The molecule has 0 fully saturated rings. The third-order valence-corrected chi connectivity index (χ3v) is 6.03. The molecule has 0 unspecified atom stereocenters. The second-order valence-electron chi connectivity index (χ2n) is 8.53. The highest BCUT2D eigenvalue weighted by atomic mass is 19.1. The van der Waals surface area contributed by atoms with E-state index in [4.69, 9.17) is 0 Å². The molecule has 0 saturated carbocycles. The van der Waals surface area contributed by atoms with Gasteiger partial charge in [0.05, 0.1) is 5.69 Å². The van der Waals surface area contributed by atoms with Crippen molar-refractivity contribution in [3.8, 4) is 11.1 Å². The number of carbonyl (C=O) groups excluding carboxylic acids is 1. The molecule has 0 aliphatic heterocycles. The Hall–Kier alpha value is -4.32. The van der Waals surface area contributed by atoms with Gasteiger partial charge < -0.3 is 4.90 Å². The minimum atomic E-state index is -0.283. The van der Waals surface area contributed by atoms with Crippen molar-refractivity contribution in [3.63, 3.8) is 0 Å². The van der Waals surface area contributed by atoms with Crippen LogP contribution in [0.2, 0.25) is 0 Å². The Balaban J connectivity index is 1.46. The van der Waals surface area contributed by atoms with E-state index < -0.39 is 0 Å². The first-order chi connectivity index (χ1) is 17.1. The molecule has 0 aliphatic carbocycles. The maximum absolute atomic E-state index is 13.6. The molecule has 0 saturated heterocycles. The van der Waals surface area contributed by atoms with Crippen LogP contribution in [0.5, 0.6) is 0 Å². The van der Waals surface area contributed by atoms with Crippen molar-refractivity contribution in [2.24, 2.45) is 0 Å². The number of hydrogen-bond donors (Lipinski definition) is 0. The van der Waals surface area contributed by atoms with Crippen molar-refractivity contribution in [3.05, 3.63) is 120 Å². The van der Waals surface area contributed by atoms with Crippen molar-refractivity contribution in [2.45, 2.75) is 26.6 Å². The Labute approximate surface area is 203 Å². The Morgan fingerprint density at radius 1 is 0.857 bits per heavy atom. The second kappa shape index (κ2) is 9.89. The average molecular weight is 465 g/mol. The summed E-state index contributed by atoms with van der Waals surface area (Å²) in [6.07, 6.45) is 1.70. The number of nitrogens with zero attached hydrogens (tertiary/aromatic N) is 4. The second-order valence-corrected chi connectivity index (χ2v) is 8.53. The minimum Gasteiger partial charge on any atom is -0.332 e. The van der Waals surface area contributed by atoms with Crippen LogP contribution < -0.4 is 0 Å². The third-order valence-electron chi connectivity index (χ3n) is 6.03. The molecular formula is C29H25FN4O. The van der Waals surface area contributed by atoms with E-state index in [9.17, 15) is 9.18 Å². The van der Waals surface area contributed by atoms with Gasteiger partial charge in [0.15, 0.2) is 5.65 Å². The highest BCUT2D eigenvalue weighted by molar-refractivity contribution is 5.95. The molecule has 174 valence electrons. The molecule has 0 atom stereocenters. The van der Waals surface area contributed by atoms with E-state index in [0.29, 0.717) is 18.7 Å². The molecule has 1 amide bonds. The van der Waals surface area contributed by atoms with E-state index >= 15 is 0 Å². The maximum atomic E-state index is 13.6. The van der Waals surface area contributed by atoms with Crippen LogP contribution in [0.15, 0.2) is 97.2 Å². The van der Waals surface area contributed by atoms with Crippen molar-refractivity contribution < 1.29 is 9.18 Å². The maximum Gasteiger partial charge on any atom is 0.244 e. The van der Waals surface area contributed by atoms with Gasteiger partial charge in [-0.3, -0.25) is 4.79 Å². The summed E-state index contributed by atoms with van der Waals surface area (Å²) in [5, 5.41) is 5.53. The van der Waals surface area contributed by atoms with Crippen LogP contribution in [0.25, 0.3) is 22.2 Å². The van der Waals surface area contributed by atoms with E-state index in [0.717, 1.165) is 33.3 Å². The molecule has 0 bridgehead atoms. The molecule has 0 radical (unpaired) electrons. The first-order valence-electron chi connectivity index (χ1n) is 11.5. The standard InChI is InChI=1S/C29H25FN4O/c1-21-28-26(24-12-14-25(30)15-13-24)16-17-31-29(28)34(32-21)20-27(35)33(18-22-8-4-2-5-9-22)19-23-10-6-3-7-11-23/h2-17H,18-20H2,1H3. The summed E-state index contributed by atoms with van der Waals surface area (Å²) < 4.78 is 15.1. The lowest BCUT2D eigenvalue weighted by Crippen LogP contribution is -2.33. The molecule has 2 aromatic heterocycles. The van der Waals surface area contributed by atoms with Crippen molar-refractivity contribution in [1.29, 1.82) is 0 Å². The Bertz CT molecular complexity index is 1410. The normalized spacial score (nSPS) is 11.0. The van der Waals surface area contributed by atoms with Crippen LogP contribution in [-0.2, 0) is 24.4 Å². The number of pyridine rings is 1. The summed E-state index contributed by atoms with van der Waals surface area (Å²) in [5.74, 6) is -0.329. The van der Waals surface area contributed by atoms with Gasteiger partial charge in [0, 0.05) is 24.7 Å². The Morgan fingerprint density at radius 2 is 1.46 bits per heavy atom. The minimum absolute atomic E-state index is 0.0453. The van der Waals surface area contributed by atoms with Gasteiger partial charge in [-0.25, -0.2) is 14.1 Å². The van der Waals surface area contributed by atoms with E-state index in [1.807, 2.05) is 78.6 Å². The quantitative estimate of drug-likeness (QED) is 0.307. The van der Waals surface area contributed by atoms with Gasteiger partial charge >= 0.3 is 0 Å². The number of benzene rings is 3. The molecule has 35 heavy (non-hydrogen) atoms. The van der Waals surface area contributed by atoms with Crippen LogP contribution in [0.1, 0.15) is 16.8 Å². The molecule has 5 rings (SSSR count). The van der Waals surface area contributed by atoms with Crippen LogP contribution in [0.3, 0.4) is 0 Å². The van der Waals surface area contributed by atoms with Gasteiger partial charge in [0.25, 0.3) is 0 Å². The zero-order valence-corrected chi connectivity index (χ0v) is 19.4. The molecular weight excluding hydrogens is 439 g/mol. The number of aromatic nitrogens is 3. The lowest BCUT2D eigenvalue weighted by Gasteiger charge is -2.23. The highest BCUT2D eigenvalue weighted by Crippen LogP contribution is 2.30. The third kappa shape index (κ3) is 4.96. The zero-order valence-electron chi connectivity index (χ0n) is 19.4. The fourth-order valence-electron chi connectivity index (χ4n) is 4.33. The molecule has 0 N–H and O–H groups in total. The fourth-order valence-corrected chi connectivity index (χ4v) is 4.33. The highest BCUT2D eigenvalue weighted by Gasteiger charge is 2.20. The molecule has 5 nitrogen and oxygen atoms in total. The molecule has 0 aliphatic rings. The lowest BCUT2D eigenvalue weighted by molar-refractivity contribution is -0.133. The van der Waals surface area contributed by atoms with Crippen LogP contribution in [-0.4, -0.2) is 25.6 Å². The first-order valence-corrected chi connectivity index (χ1v) is 11.5. The molecule has 0 spiro atoms. The van der Waals surface area contributed by atoms with Crippen LogP contribution in [0.4, 0.5) is 4.39 Å². The van der Waals surface area contributed by atoms with E-state index in [1.54, 1.807) is 23.0 Å². The summed E-state index contributed by atoms with van der Waals surface area (Å²) in [5.41, 5.74) is 5.33. The monoisotopic (exact) mass is 464 g/mol. The smallest absolute Gasteiger partial charge is 0.244 e. The topological polar surface area (TPSA) is 51.0 Å². The number of fused-ring (bicyclic) bond motifs is 1. The van der Waals surface area contributed by atoms with E-state index in [1.165, 1.54) is 12.1 Å². The number of carbonyl (C=O) groups is 1. The van der Waals surface area contributed by atoms with Gasteiger partial charge in [-0.1, -0.05) is 72.8 Å². The van der Waals surface area contributed by atoms with Crippen LogP contribution >= 0.6 is 0 Å². The largest absolute Gasteiger partial charge is 0.332 e. The van der Waals surface area contributed by atoms with E-state index in [-0.39, 0.29) is 18.3 Å². The summed E-state index contributed by atoms with van der Waals surface area (Å²) >= 11 is 0. The van der Waals surface area contributed by atoms with Gasteiger partial charge in [0.2, 0.25) is 5.91 Å². The van der Waals surface area contributed by atoms with Crippen molar-refractivity contribution >= 4 is 16.9 Å². The predicted octanol–water partition coefficient (Wildman–Crippen LogP) is 5.77. The van der Waals surface area contributed by atoms with Crippen LogP contribution in [0, 0.1) is 12.7 Å². The number of halogens is 1. The molecule has 5 aromatic rings. The lowest BCUT2D eigenvalue weighted by atomic mass is 10.0. The predicted molar refractivity (Wildman–Crippen MR) is 135 cm³/mol. The van der Waals surface area contributed by atoms with Gasteiger partial charge in [0.1, 0.15) is 12.4 Å². The zero-order chi connectivity index (χ0) is 24.2. The number of amides is 1. The summed E-state index contributed by atoms with van der Waals surface area (Å²) in [6, 6.07) is 28.2. The number of hydrogen-bond acceptors (Lipinski definition) is 3. The SMILES string of the molecule is Cc1nn(CC(=O)N(Cc2ccccc2)Cc2ccccc2)c2nccc(-c3ccc(F)cc3)c12. The fraction of sp³-hybridized carbons (Fsp3) is 0.138.